The Kier molecular flexibility index (Phi) is 7.26. The van der Waals surface area contributed by atoms with Crippen LogP contribution in [0.15, 0.2) is 24.3 Å². The molecule has 0 saturated heterocycles. The van der Waals surface area contributed by atoms with Crippen LogP contribution in [-0.4, -0.2) is 28.4 Å². The van der Waals surface area contributed by atoms with Crippen LogP contribution in [-0.2, 0) is 0 Å². The largest absolute Gasteiger partial charge is 0.495 e. The maximum Gasteiger partial charge on any atom is 0.203 e. The maximum absolute atomic E-state index is 6.03. The number of halogens is 1. The van der Waals surface area contributed by atoms with Crippen molar-refractivity contribution in [3.8, 4) is 23.0 Å². The molecule has 0 aliphatic carbocycles. The van der Waals surface area contributed by atoms with E-state index in [1.54, 1.807) is 40.6 Å². The highest BCUT2D eigenvalue weighted by atomic mass is 35.5. The molecule has 4 N–H and O–H groups in total. The number of nitrogen functional groups attached to an aromatic ring is 2. The molecule has 7 heteroatoms. The average Bonchev–Trinajstić information content (AvgIpc) is 2.60. The van der Waals surface area contributed by atoms with Crippen molar-refractivity contribution in [2.45, 2.75) is 0 Å². The van der Waals surface area contributed by atoms with Crippen LogP contribution in [0.2, 0.25) is 0 Å². The monoisotopic (exact) mass is 366 g/mol. The molecule has 136 valence electrons. The predicted octanol–water partition coefficient (Wildman–Crippen LogP) is 3.48. The van der Waals surface area contributed by atoms with Crippen molar-refractivity contribution in [1.82, 2.24) is 0 Å². The van der Waals surface area contributed by atoms with Gasteiger partial charge in [-0.25, -0.2) is 0 Å². The van der Waals surface area contributed by atoms with Crippen LogP contribution in [0.1, 0.15) is 11.1 Å². The van der Waals surface area contributed by atoms with Gasteiger partial charge in [-0.05, 0) is 29.3 Å². The summed E-state index contributed by atoms with van der Waals surface area (Å²) in [5, 5.41) is 0. The molecule has 0 atom stereocenters. The molecular weight excluding hydrogens is 344 g/mol. The minimum atomic E-state index is 0. The molecule has 25 heavy (non-hydrogen) atoms. The predicted molar refractivity (Wildman–Crippen MR) is 104 cm³/mol. The second-order valence-electron chi connectivity index (χ2n) is 5.02. The summed E-state index contributed by atoms with van der Waals surface area (Å²) >= 11 is 0. The van der Waals surface area contributed by atoms with Gasteiger partial charge in [0.05, 0.1) is 34.1 Å². The molecule has 0 aromatic heterocycles. The number of benzene rings is 2. The van der Waals surface area contributed by atoms with Crippen molar-refractivity contribution in [3.63, 3.8) is 0 Å². The highest BCUT2D eigenvalue weighted by Gasteiger charge is 2.12. The molecule has 0 bridgehead atoms. The van der Waals surface area contributed by atoms with E-state index in [1.807, 2.05) is 24.3 Å². The Morgan fingerprint density at radius 2 is 1.24 bits per heavy atom. The van der Waals surface area contributed by atoms with Gasteiger partial charge in [0.15, 0.2) is 11.5 Å². The van der Waals surface area contributed by atoms with Gasteiger partial charge in [0.2, 0.25) is 5.75 Å². The summed E-state index contributed by atoms with van der Waals surface area (Å²) in [5.41, 5.74) is 14.7. The van der Waals surface area contributed by atoms with Crippen LogP contribution < -0.4 is 30.4 Å². The zero-order chi connectivity index (χ0) is 17.7. The molecule has 6 nitrogen and oxygen atoms in total. The van der Waals surface area contributed by atoms with E-state index < -0.39 is 0 Å². The topological polar surface area (TPSA) is 89.0 Å². The molecule has 0 radical (unpaired) electrons. The summed E-state index contributed by atoms with van der Waals surface area (Å²) in [7, 11) is 6.27. The Labute approximate surface area is 153 Å². The average molecular weight is 367 g/mol. The zero-order valence-corrected chi connectivity index (χ0v) is 15.5. The van der Waals surface area contributed by atoms with E-state index in [2.05, 4.69) is 0 Å². The first-order chi connectivity index (χ1) is 11.5. The summed E-state index contributed by atoms with van der Waals surface area (Å²) in [4.78, 5) is 0. The number of anilines is 2. The fourth-order valence-electron chi connectivity index (χ4n) is 2.33. The zero-order valence-electron chi connectivity index (χ0n) is 14.7. The molecule has 0 heterocycles. The van der Waals surface area contributed by atoms with Gasteiger partial charge in [-0.15, -0.1) is 12.4 Å². The molecular formula is C18H23ClN2O4. The molecule has 0 aliphatic rings. The number of hydrogen-bond acceptors (Lipinski definition) is 6. The lowest BCUT2D eigenvalue weighted by Crippen LogP contribution is -1.97. The maximum atomic E-state index is 6.03. The van der Waals surface area contributed by atoms with Crippen LogP contribution in [0.25, 0.3) is 12.2 Å². The molecule has 0 fully saturated rings. The van der Waals surface area contributed by atoms with E-state index in [9.17, 15) is 0 Å². The lowest BCUT2D eigenvalue weighted by atomic mass is 10.1. The van der Waals surface area contributed by atoms with Crippen molar-refractivity contribution in [2.75, 3.05) is 39.9 Å². The Morgan fingerprint density at radius 3 is 1.72 bits per heavy atom. The second kappa shape index (κ2) is 8.94. The van der Waals surface area contributed by atoms with Crippen LogP contribution in [0.4, 0.5) is 11.4 Å². The number of nitrogens with two attached hydrogens (primary N) is 2. The molecule has 0 amide bonds. The molecule has 0 spiro atoms. The van der Waals surface area contributed by atoms with E-state index in [-0.39, 0.29) is 12.4 Å². The Balaban J connectivity index is 0.00000312. The number of ether oxygens (including phenoxy) is 4. The summed E-state index contributed by atoms with van der Waals surface area (Å²) < 4.78 is 21.2. The van der Waals surface area contributed by atoms with Gasteiger partial charge in [0.25, 0.3) is 0 Å². The van der Waals surface area contributed by atoms with E-state index in [1.165, 1.54) is 0 Å². The first-order valence-corrected chi connectivity index (χ1v) is 7.25. The third kappa shape index (κ3) is 4.42. The molecule has 0 aliphatic heterocycles. The lowest BCUT2D eigenvalue weighted by molar-refractivity contribution is 0.324. The van der Waals surface area contributed by atoms with Gasteiger partial charge in [0, 0.05) is 11.8 Å². The van der Waals surface area contributed by atoms with E-state index >= 15 is 0 Å². The van der Waals surface area contributed by atoms with Crippen molar-refractivity contribution >= 4 is 35.9 Å². The highest BCUT2D eigenvalue weighted by molar-refractivity contribution is 5.85. The molecule has 2 aromatic rings. The fourth-order valence-corrected chi connectivity index (χ4v) is 2.33. The van der Waals surface area contributed by atoms with Gasteiger partial charge in [-0.3, -0.25) is 0 Å². The first-order valence-electron chi connectivity index (χ1n) is 7.25. The van der Waals surface area contributed by atoms with Gasteiger partial charge in [-0.1, -0.05) is 12.2 Å². The van der Waals surface area contributed by atoms with Gasteiger partial charge in [0.1, 0.15) is 5.75 Å². The van der Waals surface area contributed by atoms with Crippen LogP contribution >= 0.6 is 12.4 Å². The normalized spacial score (nSPS) is 10.2. The standard InChI is InChI=1S/C18H22N2O4.ClH/c1-21-15-10-13(19)12(9-14(15)20)6-5-11-7-16(22-2)18(24-4)17(8-11)23-3;/h5-10H,19-20H2,1-4H3;1H/b6-5-;. The quantitative estimate of drug-likeness (QED) is 0.601. The molecule has 0 saturated carbocycles. The van der Waals surface area contributed by atoms with Crippen LogP contribution in [0.5, 0.6) is 23.0 Å². The Morgan fingerprint density at radius 1 is 0.680 bits per heavy atom. The minimum absolute atomic E-state index is 0. The van der Waals surface area contributed by atoms with Gasteiger partial charge in [-0.2, -0.15) is 0 Å². The van der Waals surface area contributed by atoms with Crippen LogP contribution in [0, 0.1) is 0 Å². The smallest absolute Gasteiger partial charge is 0.203 e. The van der Waals surface area contributed by atoms with Crippen LogP contribution in [0.3, 0.4) is 0 Å². The molecule has 0 unspecified atom stereocenters. The van der Waals surface area contributed by atoms with Crippen molar-refractivity contribution in [1.29, 1.82) is 0 Å². The number of rotatable bonds is 6. The summed E-state index contributed by atoms with van der Waals surface area (Å²) in [5.74, 6) is 2.26. The molecule has 2 aromatic carbocycles. The van der Waals surface area contributed by atoms with Crippen molar-refractivity contribution in [2.24, 2.45) is 0 Å². The van der Waals surface area contributed by atoms with Gasteiger partial charge < -0.3 is 30.4 Å². The Hall–Kier alpha value is -2.73. The highest BCUT2D eigenvalue weighted by Crippen LogP contribution is 2.38. The third-order valence-electron chi connectivity index (χ3n) is 3.58. The number of hydrogen-bond donors (Lipinski definition) is 2. The van der Waals surface area contributed by atoms with Crippen molar-refractivity contribution in [3.05, 3.63) is 35.4 Å². The summed E-state index contributed by atoms with van der Waals surface area (Å²) in [6, 6.07) is 7.16. The van der Waals surface area contributed by atoms with E-state index in [0.29, 0.717) is 34.4 Å². The SMILES string of the molecule is COc1cc(N)c(/C=C\c2cc(OC)c(OC)c(OC)c2)cc1N.Cl. The molecule has 2 rings (SSSR count). The second-order valence-corrected chi connectivity index (χ2v) is 5.02. The van der Waals surface area contributed by atoms with E-state index in [4.69, 9.17) is 30.4 Å². The van der Waals surface area contributed by atoms with Gasteiger partial charge >= 0.3 is 0 Å². The van der Waals surface area contributed by atoms with E-state index in [0.717, 1.165) is 11.1 Å². The third-order valence-corrected chi connectivity index (χ3v) is 3.58. The number of methoxy groups -OCH3 is 4. The fraction of sp³-hybridized carbons (Fsp3) is 0.222. The Bertz CT molecular complexity index is 738. The van der Waals surface area contributed by atoms with Crippen molar-refractivity contribution < 1.29 is 18.9 Å². The summed E-state index contributed by atoms with van der Waals surface area (Å²) in [6.45, 7) is 0. The lowest BCUT2D eigenvalue weighted by Gasteiger charge is -2.13. The first kappa shape index (κ1) is 20.3. The summed E-state index contributed by atoms with van der Waals surface area (Å²) in [6.07, 6.45) is 3.76. The minimum Gasteiger partial charge on any atom is -0.495 e.